The zero-order valence-electron chi connectivity index (χ0n) is 11.0. The molecule has 2 aromatic rings. The first-order valence-electron chi connectivity index (χ1n) is 6.13. The van der Waals surface area contributed by atoms with Crippen molar-refractivity contribution in [3.8, 4) is 0 Å². The second-order valence-electron chi connectivity index (χ2n) is 3.98. The average Bonchev–Trinajstić information content (AvgIpc) is 3.08. The summed E-state index contributed by atoms with van der Waals surface area (Å²) in [5.74, 6) is 0.303. The van der Waals surface area contributed by atoms with Gasteiger partial charge >= 0.3 is 0 Å². The fourth-order valence-electron chi connectivity index (χ4n) is 1.51. The summed E-state index contributed by atoms with van der Waals surface area (Å²) in [5, 5.41) is 16.2. The van der Waals surface area contributed by atoms with Crippen LogP contribution in [0.15, 0.2) is 16.3 Å². The molecule has 2 rings (SSSR count). The first-order chi connectivity index (χ1) is 9.62. The molecule has 0 fully saturated rings. The lowest BCUT2D eigenvalue weighted by Crippen LogP contribution is -2.23. The molecule has 0 aliphatic rings. The third kappa shape index (κ3) is 4.07. The molecular formula is C10H16N6O2S2. The molecule has 0 aromatic carbocycles. The van der Waals surface area contributed by atoms with Crippen molar-refractivity contribution >= 4 is 21.4 Å². The SMILES string of the molecule is CCNCCc1ccc(S(=O)(=O)NCc2nn[nH]n2)s1. The number of thiophene rings is 1. The van der Waals surface area contributed by atoms with E-state index in [-0.39, 0.29) is 6.54 Å². The van der Waals surface area contributed by atoms with Gasteiger partial charge in [-0.1, -0.05) is 12.1 Å². The highest BCUT2D eigenvalue weighted by atomic mass is 32.2. The molecule has 0 amide bonds. The number of sulfonamides is 1. The molecule has 0 unspecified atom stereocenters. The number of tetrazole rings is 1. The van der Waals surface area contributed by atoms with E-state index in [0.717, 1.165) is 24.4 Å². The van der Waals surface area contributed by atoms with Crippen molar-refractivity contribution in [1.29, 1.82) is 0 Å². The van der Waals surface area contributed by atoms with Crippen molar-refractivity contribution in [3.63, 3.8) is 0 Å². The Kier molecular flexibility index (Phi) is 5.17. The minimum Gasteiger partial charge on any atom is -0.317 e. The van der Waals surface area contributed by atoms with Crippen LogP contribution < -0.4 is 10.0 Å². The fraction of sp³-hybridized carbons (Fsp3) is 0.500. The molecule has 0 saturated heterocycles. The smallest absolute Gasteiger partial charge is 0.250 e. The van der Waals surface area contributed by atoms with E-state index < -0.39 is 10.0 Å². The quantitative estimate of drug-likeness (QED) is 0.586. The lowest BCUT2D eigenvalue weighted by Gasteiger charge is -2.01. The van der Waals surface area contributed by atoms with E-state index in [1.54, 1.807) is 6.07 Å². The van der Waals surface area contributed by atoms with Gasteiger partial charge in [-0.25, -0.2) is 13.1 Å². The van der Waals surface area contributed by atoms with Gasteiger partial charge in [-0.2, -0.15) is 5.21 Å². The number of aromatic nitrogens is 4. The molecule has 20 heavy (non-hydrogen) atoms. The van der Waals surface area contributed by atoms with E-state index in [1.165, 1.54) is 11.3 Å². The van der Waals surface area contributed by atoms with Crippen LogP contribution in [-0.4, -0.2) is 42.1 Å². The van der Waals surface area contributed by atoms with Crippen molar-refractivity contribution < 1.29 is 8.42 Å². The monoisotopic (exact) mass is 316 g/mol. The molecule has 3 N–H and O–H groups in total. The summed E-state index contributed by atoms with van der Waals surface area (Å²) in [7, 11) is -3.52. The number of nitrogens with one attached hydrogen (secondary N) is 3. The Morgan fingerprint density at radius 3 is 2.95 bits per heavy atom. The highest BCUT2D eigenvalue weighted by Gasteiger charge is 2.17. The number of likely N-dealkylation sites (N-methyl/N-ethyl adjacent to an activating group) is 1. The Labute approximate surface area is 121 Å². The van der Waals surface area contributed by atoms with Crippen LogP contribution in [0.2, 0.25) is 0 Å². The number of rotatable bonds is 8. The van der Waals surface area contributed by atoms with E-state index in [9.17, 15) is 8.42 Å². The predicted molar refractivity (Wildman–Crippen MR) is 74.8 cm³/mol. The van der Waals surface area contributed by atoms with Gasteiger partial charge in [0.15, 0.2) is 5.82 Å². The normalized spacial score (nSPS) is 11.8. The molecule has 2 heterocycles. The van der Waals surface area contributed by atoms with E-state index in [2.05, 4.69) is 30.7 Å². The number of hydrogen-bond donors (Lipinski definition) is 3. The van der Waals surface area contributed by atoms with Crippen molar-refractivity contribution in [2.75, 3.05) is 13.1 Å². The Bertz CT molecular complexity index is 622. The summed E-state index contributed by atoms with van der Waals surface area (Å²) in [5.41, 5.74) is 0. The largest absolute Gasteiger partial charge is 0.317 e. The highest BCUT2D eigenvalue weighted by molar-refractivity contribution is 7.91. The maximum atomic E-state index is 12.1. The van der Waals surface area contributed by atoms with Gasteiger partial charge < -0.3 is 5.32 Å². The van der Waals surface area contributed by atoms with Crippen LogP contribution in [0.5, 0.6) is 0 Å². The van der Waals surface area contributed by atoms with Crippen molar-refractivity contribution in [2.24, 2.45) is 0 Å². The van der Waals surface area contributed by atoms with E-state index in [4.69, 9.17) is 0 Å². The molecule has 0 spiro atoms. The Morgan fingerprint density at radius 1 is 1.40 bits per heavy atom. The molecule has 2 aromatic heterocycles. The molecular weight excluding hydrogens is 300 g/mol. The molecule has 0 atom stereocenters. The molecule has 0 radical (unpaired) electrons. The van der Waals surface area contributed by atoms with E-state index >= 15 is 0 Å². The van der Waals surface area contributed by atoms with Gasteiger partial charge in [0.2, 0.25) is 10.0 Å². The molecule has 0 bridgehead atoms. The van der Waals surface area contributed by atoms with Gasteiger partial charge in [-0.15, -0.1) is 21.5 Å². The topological polar surface area (TPSA) is 113 Å². The average molecular weight is 316 g/mol. The third-order valence-corrected chi connectivity index (χ3v) is 5.55. The summed E-state index contributed by atoms with van der Waals surface area (Å²) in [4.78, 5) is 1.03. The minimum absolute atomic E-state index is 0.0173. The number of nitrogens with zero attached hydrogens (tertiary/aromatic N) is 3. The van der Waals surface area contributed by atoms with Crippen LogP contribution in [0, 0.1) is 0 Å². The second kappa shape index (κ2) is 6.88. The van der Waals surface area contributed by atoms with Crippen molar-refractivity contribution in [2.45, 2.75) is 24.1 Å². The maximum Gasteiger partial charge on any atom is 0.250 e. The summed E-state index contributed by atoms with van der Waals surface area (Å²) >= 11 is 1.27. The molecule has 0 aliphatic carbocycles. The molecule has 0 aliphatic heterocycles. The first-order valence-corrected chi connectivity index (χ1v) is 8.43. The van der Waals surface area contributed by atoms with Gasteiger partial charge in [0.1, 0.15) is 4.21 Å². The second-order valence-corrected chi connectivity index (χ2v) is 7.14. The summed E-state index contributed by atoms with van der Waals surface area (Å²) in [6.45, 7) is 3.80. The summed E-state index contributed by atoms with van der Waals surface area (Å²) < 4.78 is 26.9. The van der Waals surface area contributed by atoms with Gasteiger partial charge in [0.05, 0.1) is 6.54 Å². The van der Waals surface area contributed by atoms with Crippen LogP contribution in [0.25, 0.3) is 0 Å². The molecule has 10 heteroatoms. The van der Waals surface area contributed by atoms with Crippen LogP contribution in [0.3, 0.4) is 0 Å². The van der Waals surface area contributed by atoms with Gasteiger partial charge in [0.25, 0.3) is 0 Å². The van der Waals surface area contributed by atoms with Crippen molar-refractivity contribution in [1.82, 2.24) is 30.7 Å². The van der Waals surface area contributed by atoms with Gasteiger partial charge in [-0.05, 0) is 31.6 Å². The molecule has 8 nitrogen and oxygen atoms in total. The lowest BCUT2D eigenvalue weighted by atomic mass is 10.3. The standard InChI is InChI=1S/C10H16N6O2S2/c1-2-11-6-5-8-3-4-10(19-8)20(17,18)12-7-9-13-15-16-14-9/h3-4,11-12H,2,5-7H2,1H3,(H,13,14,15,16). The highest BCUT2D eigenvalue weighted by Crippen LogP contribution is 2.21. The fourth-order valence-corrected chi connectivity index (χ4v) is 3.89. The van der Waals surface area contributed by atoms with Crippen LogP contribution in [0.1, 0.15) is 17.6 Å². The van der Waals surface area contributed by atoms with Crippen LogP contribution in [-0.2, 0) is 23.0 Å². The number of hydrogen-bond acceptors (Lipinski definition) is 7. The molecule has 0 saturated carbocycles. The Balaban J connectivity index is 1.95. The summed E-state index contributed by atoms with van der Waals surface area (Å²) in [6.07, 6.45) is 0.818. The lowest BCUT2D eigenvalue weighted by molar-refractivity contribution is 0.581. The predicted octanol–water partition coefficient (Wildman–Crippen LogP) is -0.108. The minimum atomic E-state index is -3.52. The first kappa shape index (κ1) is 15.0. The zero-order chi connectivity index (χ0) is 14.4. The van der Waals surface area contributed by atoms with Crippen LogP contribution >= 0.6 is 11.3 Å². The number of H-pyrrole nitrogens is 1. The van der Waals surface area contributed by atoms with E-state index in [0.29, 0.717) is 10.0 Å². The van der Waals surface area contributed by atoms with E-state index in [1.807, 2.05) is 13.0 Å². The van der Waals surface area contributed by atoms with Crippen LogP contribution in [0.4, 0.5) is 0 Å². The molecule has 110 valence electrons. The summed E-state index contributed by atoms with van der Waals surface area (Å²) in [6, 6.07) is 3.45. The third-order valence-electron chi connectivity index (χ3n) is 2.51. The van der Waals surface area contributed by atoms with Gasteiger partial charge in [-0.3, -0.25) is 0 Å². The maximum absolute atomic E-state index is 12.1. The zero-order valence-corrected chi connectivity index (χ0v) is 12.6. The Hall–Kier alpha value is -1.36. The Morgan fingerprint density at radius 2 is 2.25 bits per heavy atom. The number of aromatic amines is 1. The van der Waals surface area contributed by atoms with Crippen molar-refractivity contribution in [3.05, 3.63) is 22.8 Å². The van der Waals surface area contributed by atoms with Gasteiger partial charge in [0, 0.05) is 4.88 Å².